The molecule has 1 aliphatic heterocycles. The quantitative estimate of drug-likeness (QED) is 0.320. The third kappa shape index (κ3) is 6.87. The molecular formula is C29H35ClN2O2S. The summed E-state index contributed by atoms with van der Waals surface area (Å²) in [5.41, 5.74) is 3.25. The highest BCUT2D eigenvalue weighted by atomic mass is 35.5. The lowest BCUT2D eigenvalue weighted by molar-refractivity contribution is -0.135. The van der Waals surface area contributed by atoms with Gasteiger partial charge >= 0.3 is 0 Å². The molecule has 0 N–H and O–H groups in total. The molecule has 186 valence electrons. The number of carbonyl (C=O) groups is 1. The molecule has 0 saturated carbocycles. The number of thiophene rings is 1. The van der Waals surface area contributed by atoms with Gasteiger partial charge in [0.25, 0.3) is 0 Å². The van der Waals surface area contributed by atoms with Crippen molar-refractivity contribution in [2.45, 2.75) is 46.2 Å². The maximum Gasteiger partial charge on any atom is 0.223 e. The van der Waals surface area contributed by atoms with E-state index in [1.54, 1.807) is 0 Å². The molecule has 1 aromatic heterocycles. The van der Waals surface area contributed by atoms with Gasteiger partial charge in [0.15, 0.2) is 0 Å². The number of carbonyl (C=O) groups excluding carboxylic acids is 1. The average Bonchev–Trinajstić information content (AvgIpc) is 3.25. The van der Waals surface area contributed by atoms with Gasteiger partial charge in [-0.1, -0.05) is 41.9 Å². The third-order valence-corrected chi connectivity index (χ3v) is 8.40. The minimum atomic E-state index is -0.237. The van der Waals surface area contributed by atoms with Crippen LogP contribution in [0.15, 0.2) is 60.0 Å². The van der Waals surface area contributed by atoms with Gasteiger partial charge in [-0.25, -0.2) is 0 Å². The molecule has 0 aliphatic carbocycles. The molecule has 2 heterocycles. The van der Waals surface area contributed by atoms with Crippen molar-refractivity contribution in [1.82, 2.24) is 9.80 Å². The smallest absolute Gasteiger partial charge is 0.223 e. The molecule has 1 fully saturated rings. The largest absolute Gasteiger partial charge is 0.493 e. The summed E-state index contributed by atoms with van der Waals surface area (Å²) in [5, 5.41) is 2.90. The number of hydrogen-bond acceptors (Lipinski definition) is 4. The van der Waals surface area contributed by atoms with Crippen LogP contribution in [-0.4, -0.2) is 42.5 Å². The molecule has 0 radical (unpaired) electrons. The van der Waals surface area contributed by atoms with Crippen LogP contribution in [0.5, 0.6) is 5.75 Å². The highest BCUT2D eigenvalue weighted by molar-refractivity contribution is 7.10. The number of benzene rings is 2. The Kier molecular flexibility index (Phi) is 8.53. The maximum atomic E-state index is 13.4. The number of rotatable bonds is 9. The second-order valence-corrected chi connectivity index (χ2v) is 11.4. The molecule has 3 aromatic rings. The SMILES string of the molecule is Cc1cc(OCC2(CC(=O)N(C)Cc3ccccc3)CCCN(Cc3sccc3C)C2)ccc1Cl. The molecule has 4 rings (SSSR count). The third-order valence-electron chi connectivity index (χ3n) is 6.96. The Morgan fingerprint density at radius 1 is 1.14 bits per heavy atom. The number of hydrogen-bond donors (Lipinski definition) is 0. The molecule has 0 spiro atoms. The minimum Gasteiger partial charge on any atom is -0.493 e. The van der Waals surface area contributed by atoms with E-state index in [2.05, 4.69) is 35.4 Å². The number of likely N-dealkylation sites (tertiary alicyclic amines) is 1. The molecule has 2 aromatic carbocycles. The Balaban J connectivity index is 1.50. The highest BCUT2D eigenvalue weighted by Gasteiger charge is 2.39. The van der Waals surface area contributed by atoms with Crippen LogP contribution in [0.3, 0.4) is 0 Å². The van der Waals surface area contributed by atoms with E-state index < -0.39 is 0 Å². The van der Waals surface area contributed by atoms with Gasteiger partial charge in [-0.3, -0.25) is 9.69 Å². The zero-order valence-corrected chi connectivity index (χ0v) is 22.5. The van der Waals surface area contributed by atoms with Crippen LogP contribution < -0.4 is 4.74 Å². The molecular weight excluding hydrogens is 476 g/mol. The standard InChI is InChI=1S/C29H35ClN2O2S/c1-22-12-15-35-27(22)19-32-14-7-13-29(20-32,21-34-25-10-11-26(30)23(2)16-25)17-28(33)31(3)18-24-8-5-4-6-9-24/h4-6,8-12,15-16H,7,13-14,17-21H2,1-3H3. The zero-order chi connectivity index (χ0) is 24.8. The summed E-state index contributed by atoms with van der Waals surface area (Å²) in [4.78, 5) is 19.2. The average molecular weight is 511 g/mol. The Hall–Kier alpha value is -2.34. The first kappa shape index (κ1) is 25.7. The number of piperidine rings is 1. The van der Waals surface area contributed by atoms with Crippen molar-refractivity contribution in [2.24, 2.45) is 5.41 Å². The Bertz CT molecular complexity index is 1130. The van der Waals surface area contributed by atoms with Gasteiger partial charge in [-0.15, -0.1) is 11.3 Å². The van der Waals surface area contributed by atoms with E-state index >= 15 is 0 Å². The lowest BCUT2D eigenvalue weighted by Crippen LogP contribution is -2.48. The summed E-state index contributed by atoms with van der Waals surface area (Å²) in [6.45, 7) is 8.12. The van der Waals surface area contributed by atoms with Crippen molar-refractivity contribution in [3.05, 3.63) is 86.6 Å². The molecule has 35 heavy (non-hydrogen) atoms. The van der Waals surface area contributed by atoms with Crippen molar-refractivity contribution in [3.63, 3.8) is 0 Å². The molecule has 1 saturated heterocycles. The number of amides is 1. The van der Waals surface area contributed by atoms with E-state index in [0.29, 0.717) is 19.6 Å². The van der Waals surface area contributed by atoms with Crippen molar-refractivity contribution in [3.8, 4) is 5.75 Å². The fourth-order valence-corrected chi connectivity index (χ4v) is 5.94. The van der Waals surface area contributed by atoms with Crippen LogP contribution in [0.25, 0.3) is 0 Å². The number of nitrogens with zero attached hydrogens (tertiary/aromatic N) is 2. The summed E-state index contributed by atoms with van der Waals surface area (Å²) >= 11 is 8.03. The molecule has 1 atom stereocenters. The Morgan fingerprint density at radius 3 is 2.66 bits per heavy atom. The first-order valence-electron chi connectivity index (χ1n) is 12.3. The summed E-state index contributed by atoms with van der Waals surface area (Å²) in [7, 11) is 1.90. The normalized spacial score (nSPS) is 18.4. The van der Waals surface area contributed by atoms with E-state index in [9.17, 15) is 4.79 Å². The van der Waals surface area contributed by atoms with Crippen molar-refractivity contribution in [2.75, 3.05) is 26.7 Å². The van der Waals surface area contributed by atoms with Crippen molar-refractivity contribution >= 4 is 28.8 Å². The lowest BCUT2D eigenvalue weighted by atomic mass is 9.77. The number of halogens is 1. The monoisotopic (exact) mass is 510 g/mol. The van der Waals surface area contributed by atoms with Crippen LogP contribution in [0.4, 0.5) is 0 Å². The Morgan fingerprint density at radius 2 is 1.94 bits per heavy atom. The fraction of sp³-hybridized carbons (Fsp3) is 0.414. The van der Waals surface area contributed by atoms with Gasteiger partial charge in [0.1, 0.15) is 5.75 Å². The second kappa shape index (κ2) is 11.6. The summed E-state index contributed by atoms with van der Waals surface area (Å²) < 4.78 is 6.34. The van der Waals surface area contributed by atoms with Crippen molar-refractivity contribution in [1.29, 1.82) is 0 Å². The van der Waals surface area contributed by atoms with Gasteiger partial charge in [-0.05, 0) is 79.6 Å². The van der Waals surface area contributed by atoms with Crippen LogP contribution in [0, 0.1) is 19.3 Å². The maximum absolute atomic E-state index is 13.4. The van der Waals surface area contributed by atoms with Gasteiger partial charge in [0.05, 0.1) is 6.61 Å². The van der Waals surface area contributed by atoms with E-state index in [-0.39, 0.29) is 11.3 Å². The number of ether oxygens (including phenoxy) is 1. The second-order valence-electron chi connectivity index (χ2n) is 9.95. The molecule has 1 unspecified atom stereocenters. The fourth-order valence-electron chi connectivity index (χ4n) is 4.87. The predicted molar refractivity (Wildman–Crippen MR) is 145 cm³/mol. The molecule has 6 heteroatoms. The van der Waals surface area contributed by atoms with E-state index in [4.69, 9.17) is 16.3 Å². The minimum absolute atomic E-state index is 0.166. The molecule has 1 amide bonds. The zero-order valence-electron chi connectivity index (χ0n) is 20.9. The van der Waals surface area contributed by atoms with Gasteiger partial charge in [-0.2, -0.15) is 0 Å². The van der Waals surface area contributed by atoms with Crippen LogP contribution in [-0.2, 0) is 17.9 Å². The van der Waals surface area contributed by atoms with Crippen LogP contribution in [0.2, 0.25) is 5.02 Å². The molecule has 4 nitrogen and oxygen atoms in total. The predicted octanol–water partition coefficient (Wildman–Crippen LogP) is 6.73. The highest BCUT2D eigenvalue weighted by Crippen LogP contribution is 2.37. The Labute approximate surface area is 218 Å². The summed E-state index contributed by atoms with van der Waals surface area (Å²) in [5.74, 6) is 0.974. The van der Waals surface area contributed by atoms with Crippen molar-refractivity contribution < 1.29 is 9.53 Å². The first-order valence-corrected chi connectivity index (χ1v) is 13.5. The van der Waals surface area contributed by atoms with E-state index in [1.165, 1.54) is 10.4 Å². The summed E-state index contributed by atoms with van der Waals surface area (Å²) in [6, 6.07) is 18.1. The molecule has 0 bridgehead atoms. The van der Waals surface area contributed by atoms with E-state index in [1.807, 2.05) is 66.6 Å². The molecule has 1 aliphatic rings. The first-order chi connectivity index (χ1) is 16.8. The van der Waals surface area contributed by atoms with Gasteiger partial charge in [0, 0.05) is 48.4 Å². The summed E-state index contributed by atoms with van der Waals surface area (Å²) in [6.07, 6.45) is 2.51. The van der Waals surface area contributed by atoms with E-state index in [0.717, 1.165) is 54.4 Å². The van der Waals surface area contributed by atoms with Crippen LogP contribution in [0.1, 0.15) is 40.8 Å². The number of aryl methyl sites for hydroxylation is 2. The van der Waals surface area contributed by atoms with Crippen LogP contribution >= 0.6 is 22.9 Å². The lowest BCUT2D eigenvalue weighted by Gasteiger charge is -2.43. The van der Waals surface area contributed by atoms with Gasteiger partial charge in [0.2, 0.25) is 5.91 Å². The topological polar surface area (TPSA) is 32.8 Å². The van der Waals surface area contributed by atoms with Gasteiger partial charge < -0.3 is 9.64 Å².